The first-order valence-corrected chi connectivity index (χ1v) is 12.6. The number of carbonyl (C=O) groups is 1. The number of aryl methyl sites for hydroxylation is 2. The van der Waals surface area contributed by atoms with Gasteiger partial charge in [-0.1, -0.05) is 47.5 Å². The second kappa shape index (κ2) is 9.34. The van der Waals surface area contributed by atoms with Gasteiger partial charge in [0.1, 0.15) is 0 Å². The summed E-state index contributed by atoms with van der Waals surface area (Å²) in [4.78, 5) is 16.7. The number of hydrogen-bond donors (Lipinski definition) is 1. The van der Waals surface area contributed by atoms with Crippen molar-refractivity contribution >= 4 is 34.8 Å². The predicted molar refractivity (Wildman–Crippen MR) is 130 cm³/mol. The number of piperidine rings is 1. The number of carbonyl (C=O) groups excluding carboxylic acids is 1. The molecule has 1 atom stereocenters. The highest BCUT2D eigenvalue weighted by molar-refractivity contribution is 6.42. The van der Waals surface area contributed by atoms with Crippen molar-refractivity contribution in [3.63, 3.8) is 0 Å². The minimum absolute atomic E-state index is 0.245. The Labute approximate surface area is 200 Å². The fourth-order valence-corrected chi connectivity index (χ4v) is 6.11. The van der Waals surface area contributed by atoms with E-state index < -0.39 is 6.10 Å². The number of nitrogens with zero attached hydrogens (tertiary/aromatic N) is 2. The molecule has 0 bridgehead atoms. The standard InChI is InChI=1S/C26H30Cl2N2O2/c27-22-5-1-4-21(25(22)28)17-8-12-29(13-9-17)14-10-23(31)20-15-18-3-2-11-30-24(32)7-6-19(16-20)26(18)30/h1,4-5,15-17,23,31H,2-3,6-14H2. The summed E-state index contributed by atoms with van der Waals surface area (Å²) < 4.78 is 0. The number of anilines is 1. The molecule has 1 N–H and O–H groups in total. The summed E-state index contributed by atoms with van der Waals surface area (Å²) in [5, 5.41) is 12.3. The molecule has 1 amide bonds. The van der Waals surface area contributed by atoms with E-state index in [-0.39, 0.29) is 5.91 Å². The third kappa shape index (κ3) is 4.31. The second-order valence-electron chi connectivity index (χ2n) is 9.40. The maximum atomic E-state index is 12.3. The first-order valence-electron chi connectivity index (χ1n) is 11.8. The van der Waals surface area contributed by atoms with E-state index in [1.807, 2.05) is 17.0 Å². The summed E-state index contributed by atoms with van der Waals surface area (Å²) in [6.07, 6.45) is 5.74. The Morgan fingerprint density at radius 3 is 2.56 bits per heavy atom. The molecule has 170 valence electrons. The van der Waals surface area contributed by atoms with E-state index in [4.69, 9.17) is 23.2 Å². The van der Waals surface area contributed by atoms with E-state index in [0.717, 1.165) is 81.5 Å². The molecule has 4 nitrogen and oxygen atoms in total. The minimum atomic E-state index is -0.468. The van der Waals surface area contributed by atoms with Crippen molar-refractivity contribution in [1.29, 1.82) is 0 Å². The number of aliphatic hydroxyl groups is 1. The van der Waals surface area contributed by atoms with Crippen LogP contribution in [0.5, 0.6) is 0 Å². The number of amides is 1. The smallest absolute Gasteiger partial charge is 0.227 e. The Hall–Kier alpha value is -1.59. The molecular weight excluding hydrogens is 443 g/mol. The van der Waals surface area contributed by atoms with Gasteiger partial charge in [-0.3, -0.25) is 4.79 Å². The monoisotopic (exact) mass is 472 g/mol. The maximum absolute atomic E-state index is 12.3. The lowest BCUT2D eigenvalue weighted by molar-refractivity contribution is -0.119. The summed E-state index contributed by atoms with van der Waals surface area (Å²) in [5.41, 5.74) is 5.76. The van der Waals surface area contributed by atoms with Crippen molar-refractivity contribution in [1.82, 2.24) is 4.90 Å². The van der Waals surface area contributed by atoms with Gasteiger partial charge in [-0.15, -0.1) is 0 Å². The van der Waals surface area contributed by atoms with E-state index in [1.54, 1.807) is 0 Å². The van der Waals surface area contributed by atoms with Crippen LogP contribution in [0.4, 0.5) is 5.69 Å². The number of likely N-dealkylation sites (tertiary alicyclic amines) is 1. The molecule has 2 aromatic rings. The average molecular weight is 473 g/mol. The number of aliphatic hydroxyl groups excluding tert-OH is 1. The minimum Gasteiger partial charge on any atom is -0.388 e. The van der Waals surface area contributed by atoms with Gasteiger partial charge in [0.25, 0.3) is 0 Å². The summed E-state index contributed by atoms with van der Waals surface area (Å²) in [6.45, 7) is 3.73. The molecule has 0 aromatic heterocycles. The van der Waals surface area contributed by atoms with Gasteiger partial charge in [0.2, 0.25) is 5.91 Å². The van der Waals surface area contributed by atoms with Gasteiger partial charge in [-0.05, 0) is 85.9 Å². The van der Waals surface area contributed by atoms with Crippen LogP contribution in [0.15, 0.2) is 30.3 Å². The zero-order valence-corrected chi connectivity index (χ0v) is 19.8. The Morgan fingerprint density at radius 1 is 1.03 bits per heavy atom. The first-order chi connectivity index (χ1) is 15.5. The lowest BCUT2D eigenvalue weighted by Crippen LogP contribution is -2.39. The Balaban J connectivity index is 1.20. The Kier molecular flexibility index (Phi) is 6.48. The van der Waals surface area contributed by atoms with Crippen molar-refractivity contribution in [2.24, 2.45) is 0 Å². The molecule has 3 aliphatic rings. The van der Waals surface area contributed by atoms with Crippen LogP contribution in [0.2, 0.25) is 10.0 Å². The summed E-state index contributed by atoms with van der Waals surface area (Å²) in [7, 11) is 0. The second-order valence-corrected chi connectivity index (χ2v) is 10.2. The van der Waals surface area contributed by atoms with Crippen LogP contribution in [-0.4, -0.2) is 42.1 Å². The van der Waals surface area contributed by atoms with Gasteiger partial charge >= 0.3 is 0 Å². The fraction of sp³-hybridized carbons (Fsp3) is 0.500. The highest BCUT2D eigenvalue weighted by Gasteiger charge is 2.30. The third-order valence-corrected chi connectivity index (χ3v) is 8.24. The van der Waals surface area contributed by atoms with Crippen LogP contribution in [-0.2, 0) is 17.6 Å². The van der Waals surface area contributed by atoms with Crippen LogP contribution in [0.25, 0.3) is 0 Å². The molecule has 1 unspecified atom stereocenters. The summed E-state index contributed by atoms with van der Waals surface area (Å²) >= 11 is 12.6. The molecule has 0 radical (unpaired) electrons. The SMILES string of the molecule is O=C1CCc2cc(C(O)CCN3CCC(c4cccc(Cl)c4Cl)CC3)cc3c2N1CCC3. The molecule has 32 heavy (non-hydrogen) atoms. The maximum Gasteiger partial charge on any atom is 0.227 e. The lowest BCUT2D eigenvalue weighted by atomic mass is 9.88. The normalized spacial score (nSPS) is 20.3. The molecule has 3 heterocycles. The van der Waals surface area contributed by atoms with Crippen LogP contribution < -0.4 is 4.90 Å². The summed E-state index contributed by atoms with van der Waals surface area (Å²) in [5.74, 6) is 0.691. The third-order valence-electron chi connectivity index (χ3n) is 7.41. The predicted octanol–water partition coefficient (Wildman–Crippen LogP) is 5.52. The fourth-order valence-electron chi connectivity index (χ4n) is 5.65. The molecular formula is C26H30Cl2N2O2. The van der Waals surface area contributed by atoms with Crippen molar-refractivity contribution < 1.29 is 9.90 Å². The van der Waals surface area contributed by atoms with Crippen molar-refractivity contribution in [2.45, 2.75) is 57.0 Å². The van der Waals surface area contributed by atoms with Gasteiger partial charge < -0.3 is 14.9 Å². The van der Waals surface area contributed by atoms with Gasteiger partial charge in [0.05, 0.1) is 21.8 Å². The van der Waals surface area contributed by atoms with E-state index in [9.17, 15) is 9.90 Å². The highest BCUT2D eigenvalue weighted by Crippen LogP contribution is 2.39. The van der Waals surface area contributed by atoms with E-state index in [1.165, 1.54) is 11.1 Å². The number of halogens is 2. The molecule has 5 rings (SSSR count). The molecule has 0 aliphatic carbocycles. The lowest BCUT2D eigenvalue weighted by Gasteiger charge is -2.36. The molecule has 3 aliphatic heterocycles. The van der Waals surface area contributed by atoms with Gasteiger partial charge in [0, 0.05) is 19.5 Å². The Morgan fingerprint density at radius 2 is 1.78 bits per heavy atom. The zero-order valence-electron chi connectivity index (χ0n) is 18.3. The van der Waals surface area contributed by atoms with E-state index >= 15 is 0 Å². The quantitative estimate of drug-likeness (QED) is 0.622. The van der Waals surface area contributed by atoms with Gasteiger partial charge in [0.15, 0.2) is 0 Å². The van der Waals surface area contributed by atoms with Crippen LogP contribution in [0.3, 0.4) is 0 Å². The van der Waals surface area contributed by atoms with Crippen LogP contribution in [0, 0.1) is 0 Å². The molecule has 1 saturated heterocycles. The zero-order chi connectivity index (χ0) is 22.2. The highest BCUT2D eigenvalue weighted by atomic mass is 35.5. The first kappa shape index (κ1) is 22.2. The van der Waals surface area contributed by atoms with Crippen molar-refractivity contribution in [3.8, 4) is 0 Å². The van der Waals surface area contributed by atoms with Gasteiger partial charge in [-0.2, -0.15) is 0 Å². The van der Waals surface area contributed by atoms with Crippen LogP contribution in [0.1, 0.15) is 66.4 Å². The topological polar surface area (TPSA) is 43.8 Å². The molecule has 0 spiro atoms. The molecule has 2 aromatic carbocycles. The molecule has 0 saturated carbocycles. The number of rotatable bonds is 5. The Bertz CT molecular complexity index is 1000. The van der Waals surface area contributed by atoms with E-state index in [0.29, 0.717) is 22.4 Å². The van der Waals surface area contributed by atoms with Crippen LogP contribution >= 0.6 is 23.2 Å². The number of hydrogen-bond acceptors (Lipinski definition) is 3. The number of benzene rings is 2. The molecule has 6 heteroatoms. The van der Waals surface area contributed by atoms with Crippen molar-refractivity contribution in [2.75, 3.05) is 31.1 Å². The summed E-state index contributed by atoms with van der Waals surface area (Å²) in [6, 6.07) is 10.2. The van der Waals surface area contributed by atoms with E-state index in [2.05, 4.69) is 23.1 Å². The van der Waals surface area contributed by atoms with Gasteiger partial charge in [-0.25, -0.2) is 0 Å². The molecule has 1 fully saturated rings. The largest absolute Gasteiger partial charge is 0.388 e. The average Bonchev–Trinajstić information content (AvgIpc) is 2.82. The van der Waals surface area contributed by atoms with Crippen molar-refractivity contribution in [3.05, 3.63) is 62.6 Å².